The summed E-state index contributed by atoms with van der Waals surface area (Å²) in [4.78, 5) is 26.0. The van der Waals surface area contributed by atoms with E-state index in [0.717, 1.165) is 0 Å². The van der Waals surface area contributed by atoms with Gasteiger partial charge in [-0.1, -0.05) is 25.1 Å². The van der Waals surface area contributed by atoms with Gasteiger partial charge in [-0.2, -0.15) is 4.98 Å². The fourth-order valence-electron chi connectivity index (χ4n) is 4.24. The molecule has 6 atom stereocenters. The number of aliphatic hydroxyl groups is 1. The maximum Gasteiger partial charge on any atom is 0.380 e. The fourth-order valence-corrected chi connectivity index (χ4v) is 6.78. The topological polar surface area (TPSA) is 152 Å². The summed E-state index contributed by atoms with van der Waals surface area (Å²) in [6, 6.07) is 8.03. The second-order valence-electron chi connectivity index (χ2n) is 10.4. The number of ether oxygens (including phenoxy) is 2. The Morgan fingerprint density at radius 1 is 1.32 bits per heavy atom. The first-order chi connectivity index (χ1) is 18.5. The molecule has 0 spiro atoms. The van der Waals surface area contributed by atoms with Crippen LogP contribution in [-0.4, -0.2) is 62.3 Å². The monoisotopic (exact) mass is 607 g/mol. The zero-order valence-electron chi connectivity index (χ0n) is 22.6. The number of nitrogens with zero attached hydrogens (tertiary/aromatic N) is 2. The number of alkyl halides is 2. The molecule has 11 nitrogen and oxygen atoms in total. The van der Waals surface area contributed by atoms with Crippen molar-refractivity contribution >= 4 is 31.0 Å². The molecular formula is C25H33ClF2N3O8P. The number of anilines is 1. The van der Waals surface area contributed by atoms with Gasteiger partial charge < -0.3 is 24.8 Å². The molecule has 0 saturated carbocycles. The Balaban J connectivity index is 1.97. The third-order valence-corrected chi connectivity index (χ3v) is 8.90. The summed E-state index contributed by atoms with van der Waals surface area (Å²) in [6.45, 7) is 6.15. The van der Waals surface area contributed by atoms with Crippen molar-refractivity contribution in [1.29, 1.82) is 0 Å². The molecule has 2 heterocycles. The van der Waals surface area contributed by atoms with Crippen LogP contribution < -0.4 is 15.9 Å². The van der Waals surface area contributed by atoms with Crippen molar-refractivity contribution in [3.8, 4) is 5.75 Å². The summed E-state index contributed by atoms with van der Waals surface area (Å²) < 4.78 is 66.0. The molecular weight excluding hydrogens is 575 g/mol. The fraction of sp³-hybridized carbons (Fsp3) is 0.560. The summed E-state index contributed by atoms with van der Waals surface area (Å²) in [5, 5.41) is 11.1. The first-order valence-electron chi connectivity index (χ1n) is 12.4. The number of benzene rings is 1. The van der Waals surface area contributed by atoms with E-state index < -0.39 is 84.7 Å². The maximum atomic E-state index is 14.3. The van der Waals surface area contributed by atoms with Crippen molar-refractivity contribution in [2.45, 2.75) is 69.6 Å². The van der Waals surface area contributed by atoms with Crippen molar-refractivity contribution in [2.24, 2.45) is 5.92 Å². The zero-order chi connectivity index (χ0) is 30.0. The SMILES string of the molecule is CC(C)OC(=O)[C@H](C)CP(=O)(Oc1ccccc1)OC(C)(C)[C@H]1O[C@@H](n2cc(F)c(N)nc2=O)C(Cl)(CF)[C@H]1O. The molecule has 15 heteroatoms. The number of esters is 1. The number of rotatable bonds is 11. The normalized spacial score (nSPS) is 25.4. The molecule has 40 heavy (non-hydrogen) atoms. The quantitative estimate of drug-likeness (QED) is 0.219. The second-order valence-corrected chi connectivity index (χ2v) is 13.0. The lowest BCUT2D eigenvalue weighted by Crippen LogP contribution is -2.51. The van der Waals surface area contributed by atoms with Crippen molar-refractivity contribution in [3.05, 3.63) is 52.8 Å². The Kier molecular flexibility index (Phi) is 9.68. The smallest absolute Gasteiger partial charge is 0.380 e. The number of hydrogen-bond acceptors (Lipinski definition) is 10. The van der Waals surface area contributed by atoms with Gasteiger partial charge >= 0.3 is 19.3 Å². The van der Waals surface area contributed by atoms with E-state index in [9.17, 15) is 28.0 Å². The van der Waals surface area contributed by atoms with Crippen LogP contribution in [0.4, 0.5) is 14.6 Å². The van der Waals surface area contributed by atoms with Gasteiger partial charge in [0.2, 0.25) is 0 Å². The number of aromatic nitrogens is 2. The van der Waals surface area contributed by atoms with Gasteiger partial charge in [0.25, 0.3) is 0 Å². The number of nitrogen functional groups attached to an aromatic ring is 1. The second kappa shape index (κ2) is 12.1. The van der Waals surface area contributed by atoms with Gasteiger partial charge in [0.1, 0.15) is 35.1 Å². The van der Waals surface area contributed by atoms with E-state index in [1.165, 1.54) is 32.9 Å². The summed E-state index contributed by atoms with van der Waals surface area (Å²) in [5.41, 5.74) is 2.49. The molecule has 2 aromatic rings. The molecule has 0 bridgehead atoms. The van der Waals surface area contributed by atoms with Gasteiger partial charge in [0.05, 0.1) is 24.4 Å². The lowest BCUT2D eigenvalue weighted by atomic mass is 9.91. The third-order valence-electron chi connectivity index (χ3n) is 6.16. The highest BCUT2D eigenvalue weighted by atomic mass is 35.5. The predicted molar refractivity (Wildman–Crippen MR) is 142 cm³/mol. The van der Waals surface area contributed by atoms with Crippen molar-refractivity contribution in [2.75, 3.05) is 18.6 Å². The average Bonchev–Trinajstić information content (AvgIpc) is 3.12. The Bertz CT molecular complexity index is 1310. The van der Waals surface area contributed by atoms with Gasteiger partial charge in [0, 0.05) is 0 Å². The lowest BCUT2D eigenvalue weighted by Gasteiger charge is -2.36. The van der Waals surface area contributed by atoms with Crippen LogP contribution in [0.5, 0.6) is 5.75 Å². The molecule has 0 amide bonds. The molecule has 1 aromatic heterocycles. The molecule has 1 aliphatic heterocycles. The number of nitrogens with two attached hydrogens (primary N) is 1. The largest absolute Gasteiger partial charge is 0.463 e. The summed E-state index contributed by atoms with van der Waals surface area (Å²) in [6.07, 6.45) is -5.36. The highest BCUT2D eigenvalue weighted by Crippen LogP contribution is 2.56. The summed E-state index contributed by atoms with van der Waals surface area (Å²) >= 11 is 6.44. The highest BCUT2D eigenvalue weighted by Gasteiger charge is 2.62. The Morgan fingerprint density at radius 3 is 2.52 bits per heavy atom. The number of hydrogen-bond donors (Lipinski definition) is 2. The van der Waals surface area contributed by atoms with E-state index in [1.807, 2.05) is 0 Å². The zero-order valence-corrected chi connectivity index (χ0v) is 24.3. The van der Waals surface area contributed by atoms with Crippen LogP contribution in [0, 0.1) is 11.7 Å². The Morgan fingerprint density at radius 2 is 1.95 bits per heavy atom. The summed E-state index contributed by atoms with van der Waals surface area (Å²) in [5.74, 6) is -3.19. The standard InChI is InChI=1S/C25H33ClF2N3O8P/c1-14(2)36-21(33)15(3)12-40(35,38-16-9-7-6-8-10-16)39-24(4,5)19-18(32)25(26,13-27)22(37-19)31-11-17(28)20(29)30-23(31)34/h6-11,14-15,18-19,22,32H,12-13H2,1-5H3,(H2,29,30,34)/t15-,18+,19+,22-,25?,40?/m1/s1. The van der Waals surface area contributed by atoms with Crippen LogP contribution in [0.1, 0.15) is 40.8 Å². The van der Waals surface area contributed by atoms with Crippen molar-refractivity contribution in [3.63, 3.8) is 0 Å². The number of aliphatic hydroxyl groups excluding tert-OH is 1. The molecule has 1 aromatic carbocycles. The minimum absolute atomic E-state index is 0.169. The molecule has 3 N–H and O–H groups in total. The molecule has 1 aliphatic rings. The average molecular weight is 608 g/mol. The predicted octanol–water partition coefficient (Wildman–Crippen LogP) is 3.83. The third kappa shape index (κ3) is 6.83. The highest BCUT2D eigenvalue weighted by molar-refractivity contribution is 7.54. The lowest BCUT2D eigenvalue weighted by molar-refractivity contribution is -0.151. The van der Waals surface area contributed by atoms with E-state index in [0.29, 0.717) is 10.8 Å². The van der Waals surface area contributed by atoms with Crippen LogP contribution in [0.15, 0.2) is 41.3 Å². The molecule has 1 fully saturated rings. The molecule has 0 aliphatic carbocycles. The van der Waals surface area contributed by atoms with E-state index in [2.05, 4.69) is 4.98 Å². The minimum atomic E-state index is -4.25. The van der Waals surface area contributed by atoms with Gasteiger partial charge in [0.15, 0.2) is 17.9 Å². The van der Waals surface area contributed by atoms with E-state index in [4.69, 9.17) is 35.9 Å². The molecule has 1 saturated heterocycles. The van der Waals surface area contributed by atoms with Crippen LogP contribution >= 0.6 is 19.2 Å². The molecule has 222 valence electrons. The van der Waals surface area contributed by atoms with E-state index >= 15 is 0 Å². The van der Waals surface area contributed by atoms with Gasteiger partial charge in [-0.05, 0) is 39.8 Å². The number of carbonyl (C=O) groups is 1. The molecule has 0 radical (unpaired) electrons. The molecule has 3 rings (SSSR count). The van der Waals surface area contributed by atoms with Gasteiger partial charge in [-0.15, -0.1) is 11.6 Å². The van der Waals surface area contributed by atoms with Crippen LogP contribution in [0.25, 0.3) is 0 Å². The summed E-state index contributed by atoms with van der Waals surface area (Å²) in [7, 11) is -4.25. The Labute approximate surface area is 235 Å². The van der Waals surface area contributed by atoms with E-state index in [1.54, 1.807) is 32.0 Å². The van der Waals surface area contributed by atoms with Crippen LogP contribution in [0.2, 0.25) is 0 Å². The Hall–Kier alpha value is -2.57. The number of halogens is 3. The maximum absolute atomic E-state index is 14.3. The van der Waals surface area contributed by atoms with Gasteiger partial charge in [-0.25, -0.2) is 18.1 Å². The van der Waals surface area contributed by atoms with Gasteiger partial charge in [-0.3, -0.25) is 13.9 Å². The first kappa shape index (κ1) is 32.0. The molecule has 2 unspecified atom stereocenters. The van der Waals surface area contributed by atoms with Crippen molar-refractivity contribution in [1.82, 2.24) is 9.55 Å². The van der Waals surface area contributed by atoms with Crippen LogP contribution in [0.3, 0.4) is 0 Å². The first-order valence-corrected chi connectivity index (χ1v) is 14.5. The number of para-hydroxylation sites is 1. The van der Waals surface area contributed by atoms with E-state index in [-0.39, 0.29) is 5.75 Å². The minimum Gasteiger partial charge on any atom is -0.463 e. The van der Waals surface area contributed by atoms with Crippen molar-refractivity contribution < 1.29 is 41.8 Å². The number of carbonyl (C=O) groups excluding carboxylic acids is 1. The van der Waals surface area contributed by atoms with Crippen LogP contribution in [-0.2, 0) is 23.4 Å².